The summed E-state index contributed by atoms with van der Waals surface area (Å²) in [4.78, 5) is 12.4. The molecule has 0 spiro atoms. The van der Waals surface area contributed by atoms with Crippen LogP contribution in [0.1, 0.15) is 27.6 Å². The molecule has 2 N–H and O–H groups in total. The molecule has 1 heterocycles. The Morgan fingerprint density at radius 2 is 1.83 bits per heavy atom. The van der Waals surface area contributed by atoms with Crippen LogP contribution in [0.3, 0.4) is 0 Å². The van der Waals surface area contributed by atoms with Crippen LogP contribution in [0.15, 0.2) is 59.5 Å². The molecule has 0 bridgehead atoms. The number of carbonyl (C=O) groups excluding carboxylic acids is 1. The first-order valence-electron chi connectivity index (χ1n) is 8.73. The lowest BCUT2D eigenvalue weighted by Gasteiger charge is -2.16. The number of carbonyl (C=O) groups is 1. The molecule has 0 amide bonds. The lowest BCUT2D eigenvalue weighted by molar-refractivity contribution is 0.104. The summed E-state index contributed by atoms with van der Waals surface area (Å²) in [5, 5.41) is 5.07. The van der Waals surface area contributed by atoms with Gasteiger partial charge in [0.1, 0.15) is 17.6 Å². The molecule has 0 fully saturated rings. The van der Waals surface area contributed by atoms with Crippen molar-refractivity contribution in [3.05, 3.63) is 71.3 Å². The largest absolute Gasteiger partial charge is 0.496 e. The highest BCUT2D eigenvalue weighted by molar-refractivity contribution is 7.89. The SMILES string of the molecule is COc1cc(OC)c(C2C=CCO2)cc1/C=C/C(=O)c1ccc(S(N)(=O)=O)cc1. The van der Waals surface area contributed by atoms with Gasteiger partial charge in [-0.25, -0.2) is 13.6 Å². The average molecular weight is 415 g/mol. The van der Waals surface area contributed by atoms with E-state index < -0.39 is 10.0 Å². The maximum absolute atomic E-state index is 12.5. The third kappa shape index (κ3) is 4.73. The van der Waals surface area contributed by atoms with Gasteiger partial charge in [0.25, 0.3) is 0 Å². The minimum absolute atomic E-state index is 0.0517. The molecule has 29 heavy (non-hydrogen) atoms. The van der Waals surface area contributed by atoms with E-state index in [0.717, 1.165) is 5.56 Å². The van der Waals surface area contributed by atoms with Gasteiger partial charge in [-0.15, -0.1) is 0 Å². The summed E-state index contributed by atoms with van der Waals surface area (Å²) < 4.78 is 39.2. The zero-order chi connectivity index (χ0) is 21.0. The lowest BCUT2D eigenvalue weighted by atomic mass is 10.0. The molecular formula is C21H21NO6S. The number of nitrogens with two attached hydrogens (primary N) is 1. The number of benzene rings is 2. The Bertz CT molecular complexity index is 1070. The van der Waals surface area contributed by atoms with Crippen LogP contribution in [0.4, 0.5) is 0 Å². The maximum Gasteiger partial charge on any atom is 0.238 e. The minimum Gasteiger partial charge on any atom is -0.496 e. The molecule has 0 radical (unpaired) electrons. The Labute approximate surface area is 169 Å². The quantitative estimate of drug-likeness (QED) is 0.424. The van der Waals surface area contributed by atoms with Crippen molar-refractivity contribution in [2.75, 3.05) is 20.8 Å². The van der Waals surface area contributed by atoms with E-state index >= 15 is 0 Å². The van der Waals surface area contributed by atoms with E-state index in [0.29, 0.717) is 29.2 Å². The summed E-state index contributed by atoms with van der Waals surface area (Å²) in [5.41, 5.74) is 1.84. The fourth-order valence-corrected chi connectivity index (χ4v) is 3.48. The van der Waals surface area contributed by atoms with Gasteiger partial charge in [-0.1, -0.05) is 12.2 Å². The number of ketones is 1. The van der Waals surface area contributed by atoms with E-state index in [2.05, 4.69) is 0 Å². The smallest absolute Gasteiger partial charge is 0.238 e. The van der Waals surface area contributed by atoms with Crippen molar-refractivity contribution in [2.45, 2.75) is 11.0 Å². The van der Waals surface area contributed by atoms with Gasteiger partial charge in [0.05, 0.1) is 25.7 Å². The molecule has 0 aliphatic carbocycles. The Morgan fingerprint density at radius 1 is 1.14 bits per heavy atom. The number of hydrogen-bond acceptors (Lipinski definition) is 6. The van der Waals surface area contributed by atoms with Crippen molar-refractivity contribution >= 4 is 21.9 Å². The van der Waals surface area contributed by atoms with E-state index in [-0.39, 0.29) is 16.8 Å². The van der Waals surface area contributed by atoms with E-state index in [9.17, 15) is 13.2 Å². The van der Waals surface area contributed by atoms with Crippen LogP contribution in [-0.4, -0.2) is 35.0 Å². The highest BCUT2D eigenvalue weighted by Crippen LogP contribution is 2.37. The maximum atomic E-state index is 12.5. The van der Waals surface area contributed by atoms with E-state index in [1.54, 1.807) is 19.3 Å². The summed E-state index contributed by atoms with van der Waals surface area (Å²) in [6, 6.07) is 9.03. The summed E-state index contributed by atoms with van der Waals surface area (Å²) >= 11 is 0. The molecule has 3 rings (SSSR count). The normalized spacial score (nSPS) is 16.3. The van der Waals surface area contributed by atoms with Gasteiger partial charge in [0.2, 0.25) is 10.0 Å². The number of allylic oxidation sites excluding steroid dienone is 1. The number of ether oxygens (including phenoxy) is 3. The topological polar surface area (TPSA) is 105 Å². The van der Waals surface area contributed by atoms with Gasteiger partial charge in [-0.3, -0.25) is 4.79 Å². The molecule has 0 saturated heterocycles. The summed E-state index contributed by atoms with van der Waals surface area (Å²) in [6.07, 6.45) is 6.67. The summed E-state index contributed by atoms with van der Waals surface area (Å²) in [7, 11) is -0.700. The third-order valence-electron chi connectivity index (χ3n) is 4.45. The predicted octanol–water partition coefficient (Wildman–Crippen LogP) is 2.87. The monoisotopic (exact) mass is 415 g/mol. The zero-order valence-corrected chi connectivity index (χ0v) is 16.8. The van der Waals surface area contributed by atoms with Crippen LogP contribution in [0.2, 0.25) is 0 Å². The first-order chi connectivity index (χ1) is 13.8. The fraction of sp³-hybridized carbons (Fsp3) is 0.190. The van der Waals surface area contributed by atoms with Crippen molar-refractivity contribution in [3.8, 4) is 11.5 Å². The molecule has 1 aliphatic heterocycles. The van der Waals surface area contributed by atoms with Crippen molar-refractivity contribution in [3.63, 3.8) is 0 Å². The highest BCUT2D eigenvalue weighted by Gasteiger charge is 2.19. The van der Waals surface area contributed by atoms with E-state index in [1.807, 2.05) is 18.2 Å². The van der Waals surface area contributed by atoms with Gasteiger partial charge in [-0.2, -0.15) is 0 Å². The number of hydrogen-bond donors (Lipinski definition) is 1. The number of rotatable bonds is 7. The Hall–Kier alpha value is -2.94. The first-order valence-corrected chi connectivity index (χ1v) is 10.3. The fourth-order valence-electron chi connectivity index (χ4n) is 2.96. The van der Waals surface area contributed by atoms with Crippen molar-refractivity contribution < 1.29 is 27.4 Å². The van der Waals surface area contributed by atoms with Crippen molar-refractivity contribution in [2.24, 2.45) is 5.14 Å². The van der Waals surface area contributed by atoms with E-state index in [4.69, 9.17) is 19.3 Å². The second-order valence-corrected chi connectivity index (χ2v) is 7.85. The van der Waals surface area contributed by atoms with Crippen LogP contribution in [0.5, 0.6) is 11.5 Å². The third-order valence-corrected chi connectivity index (χ3v) is 5.38. The van der Waals surface area contributed by atoms with Gasteiger partial charge < -0.3 is 14.2 Å². The van der Waals surface area contributed by atoms with Gasteiger partial charge >= 0.3 is 0 Å². The number of methoxy groups -OCH3 is 2. The number of primary sulfonamides is 1. The average Bonchev–Trinajstić information content (AvgIpc) is 3.25. The standard InChI is InChI=1S/C21H21NO6S/c1-26-20-13-21(27-2)17(19-4-3-11-28-19)12-15(20)7-10-18(23)14-5-8-16(9-6-14)29(22,24)25/h3-10,12-13,19H,11H2,1-2H3,(H2,22,24,25)/b10-7+. The molecule has 0 saturated carbocycles. The summed E-state index contributed by atoms with van der Waals surface area (Å²) in [6.45, 7) is 0.526. The Morgan fingerprint density at radius 3 is 2.38 bits per heavy atom. The second-order valence-electron chi connectivity index (χ2n) is 6.29. The predicted molar refractivity (Wildman–Crippen MR) is 109 cm³/mol. The number of sulfonamides is 1. The van der Waals surface area contributed by atoms with E-state index in [1.165, 1.54) is 37.5 Å². The molecule has 1 atom stereocenters. The Balaban J connectivity index is 1.89. The molecular weight excluding hydrogens is 394 g/mol. The second kappa shape index (κ2) is 8.60. The van der Waals surface area contributed by atoms with Crippen LogP contribution in [0.25, 0.3) is 6.08 Å². The molecule has 7 nitrogen and oxygen atoms in total. The van der Waals surface area contributed by atoms with Crippen LogP contribution in [-0.2, 0) is 14.8 Å². The van der Waals surface area contributed by atoms with Crippen LogP contribution >= 0.6 is 0 Å². The lowest BCUT2D eigenvalue weighted by Crippen LogP contribution is -2.12. The molecule has 8 heteroatoms. The van der Waals surface area contributed by atoms with Gasteiger partial charge in [0, 0.05) is 22.8 Å². The van der Waals surface area contributed by atoms with Crippen LogP contribution < -0.4 is 14.6 Å². The minimum atomic E-state index is -3.80. The molecule has 1 aliphatic rings. The van der Waals surface area contributed by atoms with Crippen molar-refractivity contribution in [1.29, 1.82) is 0 Å². The molecule has 2 aromatic carbocycles. The zero-order valence-electron chi connectivity index (χ0n) is 16.0. The molecule has 1 unspecified atom stereocenters. The summed E-state index contributed by atoms with van der Waals surface area (Å²) in [5.74, 6) is 0.879. The molecule has 152 valence electrons. The Kier molecular flexibility index (Phi) is 6.17. The first kappa shape index (κ1) is 20.8. The highest BCUT2D eigenvalue weighted by atomic mass is 32.2. The van der Waals surface area contributed by atoms with Gasteiger partial charge in [0.15, 0.2) is 5.78 Å². The van der Waals surface area contributed by atoms with Crippen LogP contribution in [0, 0.1) is 0 Å². The molecule has 0 aromatic heterocycles. The van der Waals surface area contributed by atoms with Crippen molar-refractivity contribution in [1.82, 2.24) is 0 Å². The van der Waals surface area contributed by atoms with Gasteiger partial charge in [-0.05, 0) is 42.5 Å². The molecule has 2 aromatic rings.